The summed E-state index contributed by atoms with van der Waals surface area (Å²) in [5.41, 5.74) is 0. The van der Waals surface area contributed by atoms with E-state index < -0.39 is 30.1 Å². The van der Waals surface area contributed by atoms with Gasteiger partial charge in [-0.3, -0.25) is 0 Å². The lowest BCUT2D eigenvalue weighted by atomic mass is 10.4. The van der Waals surface area contributed by atoms with Crippen molar-refractivity contribution >= 4 is 30.1 Å². The van der Waals surface area contributed by atoms with Crippen molar-refractivity contribution in [3.05, 3.63) is 18.2 Å². The molecular formula is C18H27N3O6S3. The van der Waals surface area contributed by atoms with Gasteiger partial charge in [0.2, 0.25) is 30.1 Å². The van der Waals surface area contributed by atoms with Crippen LogP contribution in [0.3, 0.4) is 0 Å². The summed E-state index contributed by atoms with van der Waals surface area (Å²) in [5, 5.41) is 0. The number of nitrogens with zero attached hydrogens (tertiary/aromatic N) is 3. The third-order valence-electron chi connectivity index (χ3n) is 6.81. The van der Waals surface area contributed by atoms with Gasteiger partial charge in [0, 0.05) is 36.3 Å². The molecule has 0 aromatic heterocycles. The fourth-order valence-corrected chi connectivity index (χ4v) is 10.2. The van der Waals surface area contributed by atoms with Gasteiger partial charge in [0.05, 0.1) is 14.7 Å². The van der Waals surface area contributed by atoms with Crippen molar-refractivity contribution in [2.45, 2.75) is 92.5 Å². The van der Waals surface area contributed by atoms with Crippen LogP contribution in [0.1, 0.15) is 41.5 Å². The monoisotopic (exact) mass is 477 g/mol. The molecule has 3 aliphatic heterocycles. The van der Waals surface area contributed by atoms with Crippen molar-refractivity contribution in [1.29, 1.82) is 0 Å². The average Bonchev–Trinajstić information content (AvgIpc) is 3.57. The first kappa shape index (κ1) is 22.2. The largest absolute Gasteiger partial charge is 0.243 e. The minimum Gasteiger partial charge on any atom is -0.207 e. The normalized spacial score (nSPS) is 40.8. The van der Waals surface area contributed by atoms with Crippen LogP contribution < -0.4 is 0 Å². The van der Waals surface area contributed by atoms with Gasteiger partial charge in [-0.25, -0.2) is 25.3 Å². The summed E-state index contributed by atoms with van der Waals surface area (Å²) in [6.45, 7) is 10.5. The molecule has 1 aromatic carbocycles. The Kier molecular flexibility index (Phi) is 4.79. The zero-order valence-corrected chi connectivity index (χ0v) is 20.2. The first-order valence-corrected chi connectivity index (χ1v) is 14.2. The van der Waals surface area contributed by atoms with E-state index in [1.54, 1.807) is 41.5 Å². The molecule has 3 saturated heterocycles. The van der Waals surface area contributed by atoms with Gasteiger partial charge in [0.1, 0.15) is 0 Å². The average molecular weight is 478 g/mol. The van der Waals surface area contributed by atoms with E-state index in [-0.39, 0.29) is 50.9 Å². The van der Waals surface area contributed by atoms with Crippen molar-refractivity contribution in [2.75, 3.05) is 0 Å². The number of benzene rings is 1. The standard InChI is InChI=1S/C18H27N3O6S3/c1-10-11(2)19(10)28(22,23)16-7-17(29(24,25)20-12(3)13(20)4)9-18(8-16)30(26,27)21-14(5)15(21)6/h7-15H,1-6H3. The maximum absolute atomic E-state index is 13.1. The van der Waals surface area contributed by atoms with E-state index in [2.05, 4.69) is 0 Å². The summed E-state index contributed by atoms with van der Waals surface area (Å²) >= 11 is 0. The lowest BCUT2D eigenvalue weighted by molar-refractivity contribution is 0.543. The van der Waals surface area contributed by atoms with Gasteiger partial charge in [0.15, 0.2) is 0 Å². The van der Waals surface area contributed by atoms with Gasteiger partial charge in [-0.05, 0) is 59.7 Å². The van der Waals surface area contributed by atoms with Crippen molar-refractivity contribution in [2.24, 2.45) is 0 Å². The van der Waals surface area contributed by atoms with Crippen LogP contribution >= 0.6 is 0 Å². The van der Waals surface area contributed by atoms with Gasteiger partial charge in [0.25, 0.3) is 0 Å². The minimum absolute atomic E-state index is 0.227. The van der Waals surface area contributed by atoms with E-state index in [0.29, 0.717) is 0 Å². The molecule has 0 bridgehead atoms. The van der Waals surface area contributed by atoms with Crippen molar-refractivity contribution < 1.29 is 25.3 Å². The molecule has 4 rings (SSSR count). The second-order valence-electron chi connectivity index (χ2n) is 8.59. The number of hydrogen-bond acceptors (Lipinski definition) is 6. The Balaban J connectivity index is 1.88. The minimum atomic E-state index is -4.03. The van der Waals surface area contributed by atoms with E-state index in [0.717, 1.165) is 18.2 Å². The molecule has 0 radical (unpaired) electrons. The fourth-order valence-electron chi connectivity index (χ4n) is 4.08. The van der Waals surface area contributed by atoms with Gasteiger partial charge in [-0.15, -0.1) is 0 Å². The molecule has 9 nitrogen and oxygen atoms in total. The molecule has 30 heavy (non-hydrogen) atoms. The van der Waals surface area contributed by atoms with Crippen LogP contribution in [0.4, 0.5) is 0 Å². The molecular weight excluding hydrogens is 450 g/mol. The molecule has 0 spiro atoms. The third-order valence-corrected chi connectivity index (χ3v) is 13.0. The molecule has 3 aliphatic rings. The maximum Gasteiger partial charge on any atom is 0.243 e. The highest BCUT2D eigenvalue weighted by Crippen LogP contribution is 2.41. The van der Waals surface area contributed by atoms with E-state index in [4.69, 9.17) is 0 Å². The highest BCUT2D eigenvalue weighted by molar-refractivity contribution is 7.91. The Labute approximate surface area is 178 Å². The second-order valence-corrected chi connectivity index (χ2v) is 14.1. The van der Waals surface area contributed by atoms with Crippen LogP contribution in [0.25, 0.3) is 0 Å². The van der Waals surface area contributed by atoms with E-state index in [9.17, 15) is 25.3 Å². The predicted molar refractivity (Wildman–Crippen MR) is 110 cm³/mol. The molecule has 0 aliphatic carbocycles. The zero-order chi connectivity index (χ0) is 22.5. The number of sulfonamides is 3. The maximum atomic E-state index is 13.1. The Hall–Kier alpha value is -1.05. The van der Waals surface area contributed by atoms with Crippen LogP contribution in [-0.4, -0.2) is 74.4 Å². The van der Waals surface area contributed by atoms with Gasteiger partial charge >= 0.3 is 0 Å². The summed E-state index contributed by atoms with van der Waals surface area (Å²) < 4.78 is 82.4. The van der Waals surface area contributed by atoms with Gasteiger partial charge in [-0.2, -0.15) is 12.9 Å². The Morgan fingerprint density at radius 1 is 0.467 bits per heavy atom. The van der Waals surface area contributed by atoms with Crippen molar-refractivity contribution in [1.82, 2.24) is 12.9 Å². The first-order valence-electron chi connectivity index (χ1n) is 9.91. The van der Waals surface area contributed by atoms with Crippen LogP contribution in [-0.2, 0) is 30.1 Å². The predicted octanol–water partition coefficient (Wildman–Crippen LogP) is 1.03. The Morgan fingerprint density at radius 2 is 0.633 bits per heavy atom. The van der Waals surface area contributed by atoms with E-state index in [1.165, 1.54) is 12.9 Å². The Bertz CT molecular complexity index is 1040. The fraction of sp³-hybridized carbons (Fsp3) is 0.667. The lowest BCUT2D eigenvalue weighted by Gasteiger charge is -2.14. The quantitative estimate of drug-likeness (QED) is 0.566. The summed E-state index contributed by atoms with van der Waals surface area (Å²) in [5.74, 6) is 0. The SMILES string of the molecule is CC1C(C)N1S(=O)(=O)c1cc(S(=O)(=O)N2C(C)C2C)cc(S(=O)(=O)N2C(C)C2C)c1. The number of rotatable bonds is 6. The molecule has 0 saturated carbocycles. The molecule has 6 unspecified atom stereocenters. The van der Waals surface area contributed by atoms with Crippen molar-refractivity contribution in [3.63, 3.8) is 0 Å². The smallest absolute Gasteiger partial charge is 0.207 e. The van der Waals surface area contributed by atoms with Crippen LogP contribution in [0.15, 0.2) is 32.9 Å². The van der Waals surface area contributed by atoms with E-state index in [1.807, 2.05) is 0 Å². The molecule has 6 atom stereocenters. The molecule has 168 valence electrons. The molecule has 1 aromatic rings. The first-order chi connectivity index (χ1) is 13.6. The van der Waals surface area contributed by atoms with Crippen LogP contribution in [0.5, 0.6) is 0 Å². The van der Waals surface area contributed by atoms with E-state index >= 15 is 0 Å². The molecule has 3 fully saturated rings. The molecule has 12 heteroatoms. The highest BCUT2D eigenvalue weighted by atomic mass is 32.2. The zero-order valence-electron chi connectivity index (χ0n) is 17.7. The van der Waals surface area contributed by atoms with Gasteiger partial charge in [-0.1, -0.05) is 0 Å². The highest BCUT2D eigenvalue weighted by Gasteiger charge is 2.53. The summed E-state index contributed by atoms with van der Waals surface area (Å²) in [6.07, 6.45) is 0. The summed E-state index contributed by atoms with van der Waals surface area (Å²) in [7, 11) is -12.1. The Morgan fingerprint density at radius 3 is 0.767 bits per heavy atom. The molecule has 0 amide bonds. The molecule has 3 heterocycles. The van der Waals surface area contributed by atoms with Crippen LogP contribution in [0, 0.1) is 0 Å². The summed E-state index contributed by atoms with van der Waals surface area (Å²) in [6, 6.07) is 1.87. The van der Waals surface area contributed by atoms with Crippen LogP contribution in [0.2, 0.25) is 0 Å². The topological polar surface area (TPSA) is 111 Å². The second kappa shape index (κ2) is 6.48. The third kappa shape index (κ3) is 3.06. The van der Waals surface area contributed by atoms with Gasteiger partial charge < -0.3 is 0 Å². The van der Waals surface area contributed by atoms with Crippen molar-refractivity contribution in [3.8, 4) is 0 Å². The number of hydrogen-bond donors (Lipinski definition) is 0. The lowest BCUT2D eigenvalue weighted by Crippen LogP contribution is -2.21. The molecule has 0 N–H and O–H groups in total. The summed E-state index contributed by atoms with van der Waals surface area (Å²) in [4.78, 5) is -0.951.